The standard InChI is InChI=1S/C14H15N3O2S2/c1-3-19-11-7-4-10(5-8-11)6-9-12(18)15-13-16-17-14(20-2)21-13/h4-9H,3H2,1-2H3,(H,15,16,18)/b9-6+. The molecule has 110 valence electrons. The van der Waals surface area contributed by atoms with Crippen molar-refractivity contribution in [1.82, 2.24) is 10.2 Å². The van der Waals surface area contributed by atoms with Crippen LogP contribution < -0.4 is 10.1 Å². The van der Waals surface area contributed by atoms with Gasteiger partial charge in [-0.1, -0.05) is 35.2 Å². The SMILES string of the molecule is CCOc1ccc(/C=C/C(=O)Nc2nnc(SC)s2)cc1. The number of hydrogen-bond donors (Lipinski definition) is 1. The van der Waals surface area contributed by atoms with Crippen LogP contribution >= 0.6 is 23.1 Å². The molecule has 5 nitrogen and oxygen atoms in total. The first-order chi connectivity index (χ1) is 10.2. The van der Waals surface area contributed by atoms with Gasteiger partial charge in [-0.3, -0.25) is 10.1 Å². The Morgan fingerprint density at radius 1 is 1.38 bits per heavy atom. The Hall–Kier alpha value is -1.86. The van der Waals surface area contributed by atoms with E-state index in [2.05, 4.69) is 15.5 Å². The van der Waals surface area contributed by atoms with Crippen LogP contribution in [-0.2, 0) is 4.79 Å². The van der Waals surface area contributed by atoms with Gasteiger partial charge in [0.25, 0.3) is 0 Å². The van der Waals surface area contributed by atoms with Crippen molar-refractivity contribution >= 4 is 40.2 Å². The van der Waals surface area contributed by atoms with Crippen LogP contribution in [0.1, 0.15) is 12.5 Å². The number of nitrogens with zero attached hydrogens (tertiary/aromatic N) is 2. The third-order valence-corrected chi connectivity index (χ3v) is 4.24. The van der Waals surface area contributed by atoms with Crippen molar-refractivity contribution in [3.63, 3.8) is 0 Å². The van der Waals surface area contributed by atoms with Gasteiger partial charge in [0, 0.05) is 6.08 Å². The number of anilines is 1. The fraction of sp³-hybridized carbons (Fsp3) is 0.214. The zero-order chi connectivity index (χ0) is 15.1. The van der Waals surface area contributed by atoms with Crippen molar-refractivity contribution in [3.8, 4) is 5.75 Å². The highest BCUT2D eigenvalue weighted by Crippen LogP contribution is 2.23. The molecule has 21 heavy (non-hydrogen) atoms. The van der Waals surface area contributed by atoms with Gasteiger partial charge in [0.05, 0.1) is 6.61 Å². The van der Waals surface area contributed by atoms with E-state index in [0.29, 0.717) is 11.7 Å². The zero-order valence-electron chi connectivity index (χ0n) is 11.7. The summed E-state index contributed by atoms with van der Waals surface area (Å²) in [5.74, 6) is 0.588. The molecule has 0 unspecified atom stereocenters. The minimum Gasteiger partial charge on any atom is -0.494 e. The van der Waals surface area contributed by atoms with Gasteiger partial charge in [0.2, 0.25) is 11.0 Å². The van der Waals surface area contributed by atoms with E-state index in [9.17, 15) is 4.79 Å². The fourth-order valence-electron chi connectivity index (χ4n) is 1.50. The maximum absolute atomic E-state index is 11.8. The average Bonchev–Trinajstić information content (AvgIpc) is 2.94. The topological polar surface area (TPSA) is 64.1 Å². The number of ether oxygens (including phenoxy) is 1. The van der Waals surface area contributed by atoms with Gasteiger partial charge in [0.1, 0.15) is 5.75 Å². The lowest BCUT2D eigenvalue weighted by molar-refractivity contribution is -0.111. The highest BCUT2D eigenvalue weighted by molar-refractivity contribution is 8.00. The predicted octanol–water partition coefficient (Wildman–Crippen LogP) is 3.31. The molecule has 0 aliphatic rings. The van der Waals surface area contributed by atoms with Crippen LogP contribution in [0, 0.1) is 0 Å². The van der Waals surface area contributed by atoms with Gasteiger partial charge in [-0.15, -0.1) is 10.2 Å². The number of carbonyl (C=O) groups is 1. The number of thioether (sulfide) groups is 1. The van der Waals surface area contributed by atoms with Crippen molar-refractivity contribution < 1.29 is 9.53 Å². The monoisotopic (exact) mass is 321 g/mol. The molecule has 0 spiro atoms. The number of nitrogens with one attached hydrogen (secondary N) is 1. The van der Waals surface area contributed by atoms with Crippen LogP contribution in [0.15, 0.2) is 34.7 Å². The number of aromatic nitrogens is 2. The molecule has 2 aromatic rings. The van der Waals surface area contributed by atoms with E-state index in [4.69, 9.17) is 4.74 Å². The first kappa shape index (κ1) is 15.5. The van der Waals surface area contributed by atoms with E-state index in [1.807, 2.05) is 37.4 Å². The summed E-state index contributed by atoms with van der Waals surface area (Å²) in [7, 11) is 0. The Kier molecular flexibility index (Phi) is 5.77. The van der Waals surface area contributed by atoms with Gasteiger partial charge >= 0.3 is 0 Å². The van der Waals surface area contributed by atoms with E-state index in [1.165, 1.54) is 29.2 Å². The van der Waals surface area contributed by atoms with Crippen LogP contribution in [0.5, 0.6) is 5.75 Å². The van der Waals surface area contributed by atoms with Gasteiger partial charge in [-0.2, -0.15) is 0 Å². The summed E-state index contributed by atoms with van der Waals surface area (Å²) in [6.07, 6.45) is 5.12. The molecule has 0 aliphatic carbocycles. The van der Waals surface area contributed by atoms with Crippen LogP contribution in [-0.4, -0.2) is 29.0 Å². The first-order valence-electron chi connectivity index (χ1n) is 6.30. The Balaban J connectivity index is 1.91. The van der Waals surface area contributed by atoms with E-state index >= 15 is 0 Å². The summed E-state index contributed by atoms with van der Waals surface area (Å²) in [6.45, 7) is 2.57. The zero-order valence-corrected chi connectivity index (χ0v) is 13.3. The van der Waals surface area contributed by atoms with Crippen LogP contribution in [0.25, 0.3) is 6.08 Å². The van der Waals surface area contributed by atoms with Crippen molar-refractivity contribution in [3.05, 3.63) is 35.9 Å². The second kappa shape index (κ2) is 7.80. The fourth-order valence-corrected chi connectivity index (χ4v) is 2.68. The molecule has 0 fully saturated rings. The van der Waals surface area contributed by atoms with Gasteiger partial charge in [-0.25, -0.2) is 0 Å². The largest absolute Gasteiger partial charge is 0.494 e. The molecule has 1 amide bonds. The molecule has 2 rings (SSSR count). The molecule has 0 saturated carbocycles. The number of rotatable bonds is 6. The quantitative estimate of drug-likeness (QED) is 0.502. The summed E-state index contributed by atoms with van der Waals surface area (Å²) in [5, 5.41) is 11.0. The van der Waals surface area contributed by atoms with Crippen LogP contribution in [0.4, 0.5) is 5.13 Å². The van der Waals surface area contributed by atoms with Crippen LogP contribution in [0.2, 0.25) is 0 Å². The Morgan fingerprint density at radius 2 is 2.14 bits per heavy atom. The molecule has 0 bridgehead atoms. The summed E-state index contributed by atoms with van der Waals surface area (Å²) < 4.78 is 6.18. The molecule has 0 saturated heterocycles. The minimum atomic E-state index is -0.229. The summed E-state index contributed by atoms with van der Waals surface area (Å²) in [5.41, 5.74) is 0.927. The van der Waals surface area contributed by atoms with E-state index < -0.39 is 0 Å². The van der Waals surface area contributed by atoms with Gasteiger partial charge in [-0.05, 0) is 37.0 Å². The lowest BCUT2D eigenvalue weighted by Crippen LogP contribution is -2.07. The molecule has 1 aromatic heterocycles. The molecule has 0 atom stereocenters. The molecule has 7 heteroatoms. The first-order valence-corrected chi connectivity index (χ1v) is 8.35. The van der Waals surface area contributed by atoms with Gasteiger partial charge < -0.3 is 4.74 Å². The molecule has 1 N–H and O–H groups in total. The lowest BCUT2D eigenvalue weighted by atomic mass is 10.2. The van der Waals surface area contributed by atoms with Crippen molar-refractivity contribution in [2.45, 2.75) is 11.3 Å². The number of carbonyl (C=O) groups excluding carboxylic acids is 1. The maximum atomic E-state index is 11.8. The number of hydrogen-bond acceptors (Lipinski definition) is 6. The highest BCUT2D eigenvalue weighted by Gasteiger charge is 2.04. The van der Waals surface area contributed by atoms with Crippen molar-refractivity contribution in [1.29, 1.82) is 0 Å². The van der Waals surface area contributed by atoms with Crippen LogP contribution in [0.3, 0.4) is 0 Å². The molecule has 0 aliphatic heterocycles. The van der Waals surface area contributed by atoms with Crippen molar-refractivity contribution in [2.75, 3.05) is 18.2 Å². The maximum Gasteiger partial charge on any atom is 0.250 e. The summed E-state index contributed by atoms with van der Waals surface area (Å²) >= 11 is 2.84. The Labute approximate surface area is 131 Å². The lowest BCUT2D eigenvalue weighted by Gasteiger charge is -2.02. The molecular formula is C14H15N3O2S2. The predicted molar refractivity (Wildman–Crippen MR) is 87.0 cm³/mol. The molecule has 0 radical (unpaired) electrons. The number of benzene rings is 1. The van der Waals surface area contributed by atoms with E-state index in [0.717, 1.165) is 15.7 Å². The smallest absolute Gasteiger partial charge is 0.250 e. The molecule has 1 heterocycles. The number of amides is 1. The normalized spacial score (nSPS) is 10.8. The van der Waals surface area contributed by atoms with E-state index in [-0.39, 0.29) is 5.91 Å². The third-order valence-electron chi connectivity index (χ3n) is 2.43. The molecular weight excluding hydrogens is 306 g/mol. The Bertz CT molecular complexity index is 623. The average molecular weight is 321 g/mol. The highest BCUT2D eigenvalue weighted by atomic mass is 32.2. The third kappa shape index (κ3) is 4.87. The Morgan fingerprint density at radius 3 is 2.76 bits per heavy atom. The molecule has 1 aromatic carbocycles. The van der Waals surface area contributed by atoms with Gasteiger partial charge in [0.15, 0.2) is 4.34 Å². The second-order valence-corrected chi connectivity index (χ2v) is 5.93. The van der Waals surface area contributed by atoms with E-state index in [1.54, 1.807) is 6.08 Å². The van der Waals surface area contributed by atoms with Crippen molar-refractivity contribution in [2.24, 2.45) is 0 Å². The second-order valence-electron chi connectivity index (χ2n) is 3.90. The minimum absolute atomic E-state index is 0.229. The summed E-state index contributed by atoms with van der Waals surface area (Å²) in [6, 6.07) is 7.53. The summed E-state index contributed by atoms with van der Waals surface area (Å²) in [4.78, 5) is 11.8.